The summed E-state index contributed by atoms with van der Waals surface area (Å²) in [5.74, 6) is 0.807. The summed E-state index contributed by atoms with van der Waals surface area (Å²) in [4.78, 5) is 0. The second kappa shape index (κ2) is 6.73. The van der Waals surface area contributed by atoms with Gasteiger partial charge in [0.25, 0.3) is 10.2 Å². The zero-order chi connectivity index (χ0) is 15.6. The predicted octanol–water partition coefficient (Wildman–Crippen LogP) is 1.60. The van der Waals surface area contributed by atoms with Gasteiger partial charge in [-0.05, 0) is 37.0 Å². The number of hydrogen-bond acceptors (Lipinski definition) is 3. The van der Waals surface area contributed by atoms with Crippen molar-refractivity contribution < 1.29 is 13.5 Å². The molecule has 0 aromatic carbocycles. The van der Waals surface area contributed by atoms with Crippen LogP contribution in [0.5, 0.6) is 0 Å². The highest BCUT2D eigenvalue weighted by molar-refractivity contribution is 7.87. The zero-order valence-corrected chi connectivity index (χ0v) is 14.2. The average Bonchev–Trinajstić information content (AvgIpc) is 2.23. The number of piperidine rings is 1. The van der Waals surface area contributed by atoms with Crippen molar-refractivity contribution in [1.29, 1.82) is 0 Å². The van der Waals surface area contributed by atoms with E-state index in [0.29, 0.717) is 37.9 Å². The molecular formula is C14H30N2O3S. The first-order valence-electron chi connectivity index (χ1n) is 7.44. The summed E-state index contributed by atoms with van der Waals surface area (Å²) in [6.45, 7) is 11.4. The van der Waals surface area contributed by atoms with Crippen LogP contribution in [0.25, 0.3) is 0 Å². The fraction of sp³-hybridized carbons (Fsp3) is 1.00. The van der Waals surface area contributed by atoms with Gasteiger partial charge in [0.1, 0.15) is 0 Å². The van der Waals surface area contributed by atoms with E-state index in [-0.39, 0.29) is 5.41 Å². The van der Waals surface area contributed by atoms with Crippen LogP contribution in [-0.4, -0.2) is 43.6 Å². The summed E-state index contributed by atoms with van der Waals surface area (Å²) < 4.78 is 29.0. The molecular weight excluding hydrogens is 276 g/mol. The molecule has 0 unspecified atom stereocenters. The summed E-state index contributed by atoms with van der Waals surface area (Å²) in [6.07, 6.45) is 1.23. The van der Waals surface area contributed by atoms with Crippen molar-refractivity contribution in [1.82, 2.24) is 9.03 Å². The molecule has 1 fully saturated rings. The maximum absolute atomic E-state index is 12.4. The SMILES string of the molecule is C[C@@H]1C[C@H](C)CN(S(=O)(=O)NCC(C)(C)C[C@@H](C)O)C1. The van der Waals surface area contributed by atoms with Gasteiger partial charge in [0.2, 0.25) is 0 Å². The maximum Gasteiger partial charge on any atom is 0.279 e. The van der Waals surface area contributed by atoms with E-state index in [2.05, 4.69) is 18.6 Å². The van der Waals surface area contributed by atoms with E-state index in [0.717, 1.165) is 6.42 Å². The van der Waals surface area contributed by atoms with Crippen LogP contribution in [-0.2, 0) is 10.2 Å². The first-order chi connectivity index (χ1) is 9.02. The van der Waals surface area contributed by atoms with Crippen LogP contribution in [0.15, 0.2) is 0 Å². The third-order valence-corrected chi connectivity index (χ3v) is 5.24. The van der Waals surface area contributed by atoms with Gasteiger partial charge in [0.05, 0.1) is 6.10 Å². The average molecular weight is 306 g/mol. The van der Waals surface area contributed by atoms with E-state index < -0.39 is 16.3 Å². The van der Waals surface area contributed by atoms with Crippen LogP contribution >= 0.6 is 0 Å². The van der Waals surface area contributed by atoms with Gasteiger partial charge in [-0.1, -0.05) is 27.7 Å². The second-order valence-corrected chi connectivity index (χ2v) is 9.06. The van der Waals surface area contributed by atoms with Crippen LogP contribution in [0.2, 0.25) is 0 Å². The molecule has 1 aliphatic heterocycles. The number of aliphatic hydroxyl groups is 1. The van der Waals surface area contributed by atoms with Crippen LogP contribution in [0.1, 0.15) is 47.5 Å². The van der Waals surface area contributed by atoms with Gasteiger partial charge in [-0.3, -0.25) is 0 Å². The number of nitrogens with zero attached hydrogens (tertiary/aromatic N) is 1. The van der Waals surface area contributed by atoms with Crippen LogP contribution in [0.3, 0.4) is 0 Å². The highest BCUT2D eigenvalue weighted by Crippen LogP contribution is 2.24. The molecule has 0 amide bonds. The van der Waals surface area contributed by atoms with E-state index in [1.165, 1.54) is 0 Å². The van der Waals surface area contributed by atoms with Crippen LogP contribution in [0, 0.1) is 17.3 Å². The number of rotatable bonds is 6. The molecule has 120 valence electrons. The van der Waals surface area contributed by atoms with Crippen LogP contribution in [0.4, 0.5) is 0 Å². The Hall–Kier alpha value is -0.170. The van der Waals surface area contributed by atoms with E-state index in [4.69, 9.17) is 0 Å². The largest absolute Gasteiger partial charge is 0.393 e. The number of nitrogens with one attached hydrogen (secondary N) is 1. The zero-order valence-electron chi connectivity index (χ0n) is 13.4. The molecule has 0 saturated carbocycles. The van der Waals surface area contributed by atoms with E-state index >= 15 is 0 Å². The molecule has 6 heteroatoms. The lowest BCUT2D eigenvalue weighted by Crippen LogP contribution is -2.49. The summed E-state index contributed by atoms with van der Waals surface area (Å²) in [5, 5.41) is 9.45. The molecule has 5 nitrogen and oxygen atoms in total. The Kier molecular flexibility index (Phi) is 6.01. The smallest absolute Gasteiger partial charge is 0.279 e. The van der Waals surface area contributed by atoms with Gasteiger partial charge < -0.3 is 5.11 Å². The molecule has 0 aromatic heterocycles. The monoisotopic (exact) mass is 306 g/mol. The Morgan fingerprint density at radius 3 is 2.25 bits per heavy atom. The molecule has 0 spiro atoms. The topological polar surface area (TPSA) is 69.6 Å². The van der Waals surface area contributed by atoms with Gasteiger partial charge in [-0.15, -0.1) is 0 Å². The Morgan fingerprint density at radius 2 is 1.80 bits per heavy atom. The molecule has 1 rings (SSSR count). The van der Waals surface area contributed by atoms with Crippen molar-refractivity contribution in [3.8, 4) is 0 Å². The summed E-state index contributed by atoms with van der Waals surface area (Å²) in [5.41, 5.74) is -0.256. The minimum Gasteiger partial charge on any atom is -0.393 e. The lowest BCUT2D eigenvalue weighted by atomic mass is 9.87. The van der Waals surface area contributed by atoms with Crippen molar-refractivity contribution in [2.45, 2.75) is 53.6 Å². The normalized spacial score (nSPS) is 27.5. The molecule has 0 bridgehead atoms. The van der Waals surface area contributed by atoms with Gasteiger partial charge >= 0.3 is 0 Å². The van der Waals surface area contributed by atoms with E-state index in [1.54, 1.807) is 11.2 Å². The van der Waals surface area contributed by atoms with Crippen molar-refractivity contribution in [3.05, 3.63) is 0 Å². The number of hydrogen-bond donors (Lipinski definition) is 2. The van der Waals surface area contributed by atoms with E-state index in [1.807, 2.05) is 13.8 Å². The highest BCUT2D eigenvalue weighted by atomic mass is 32.2. The summed E-state index contributed by atoms with van der Waals surface area (Å²) in [6, 6.07) is 0. The molecule has 1 saturated heterocycles. The Labute approximate surface area is 123 Å². The third kappa shape index (κ3) is 5.68. The van der Waals surface area contributed by atoms with Gasteiger partial charge in [0.15, 0.2) is 0 Å². The molecule has 20 heavy (non-hydrogen) atoms. The Morgan fingerprint density at radius 1 is 1.30 bits per heavy atom. The quantitative estimate of drug-likeness (QED) is 0.783. The molecule has 3 atom stereocenters. The van der Waals surface area contributed by atoms with Gasteiger partial charge in [-0.2, -0.15) is 12.7 Å². The molecule has 0 aromatic rings. The van der Waals surface area contributed by atoms with Crippen molar-refractivity contribution in [2.75, 3.05) is 19.6 Å². The summed E-state index contributed by atoms with van der Waals surface area (Å²) in [7, 11) is -3.42. The Balaban J connectivity index is 2.61. The van der Waals surface area contributed by atoms with Crippen molar-refractivity contribution in [3.63, 3.8) is 0 Å². The maximum atomic E-state index is 12.4. The van der Waals surface area contributed by atoms with Crippen LogP contribution < -0.4 is 4.72 Å². The van der Waals surface area contributed by atoms with Gasteiger partial charge in [-0.25, -0.2) is 4.72 Å². The van der Waals surface area contributed by atoms with Gasteiger partial charge in [0, 0.05) is 19.6 Å². The fourth-order valence-corrected chi connectivity index (χ4v) is 4.71. The lowest BCUT2D eigenvalue weighted by Gasteiger charge is -2.35. The molecule has 0 aliphatic carbocycles. The minimum absolute atomic E-state index is 0.256. The second-order valence-electron chi connectivity index (χ2n) is 7.31. The molecule has 1 heterocycles. The molecule has 0 radical (unpaired) electrons. The number of aliphatic hydroxyl groups excluding tert-OH is 1. The van der Waals surface area contributed by atoms with E-state index in [9.17, 15) is 13.5 Å². The highest BCUT2D eigenvalue weighted by Gasteiger charge is 2.31. The Bertz CT molecular complexity index is 397. The van der Waals surface area contributed by atoms with Crippen molar-refractivity contribution in [2.24, 2.45) is 17.3 Å². The summed E-state index contributed by atoms with van der Waals surface area (Å²) >= 11 is 0. The molecule has 1 aliphatic rings. The first kappa shape index (κ1) is 17.9. The minimum atomic E-state index is -3.42. The standard InChI is InChI=1S/C14H30N2O3S/c1-11-6-12(2)9-16(8-11)20(18,19)15-10-14(4,5)7-13(3)17/h11-13,15,17H,6-10H2,1-5H3/t11-,12+,13-/m1/s1. The lowest BCUT2D eigenvalue weighted by molar-refractivity contribution is 0.130. The first-order valence-corrected chi connectivity index (χ1v) is 8.88. The predicted molar refractivity (Wildman–Crippen MR) is 81.5 cm³/mol. The van der Waals surface area contributed by atoms with Crippen molar-refractivity contribution >= 4 is 10.2 Å². The molecule has 2 N–H and O–H groups in total. The third-order valence-electron chi connectivity index (χ3n) is 3.76. The fourth-order valence-electron chi connectivity index (χ4n) is 3.05.